The third-order valence-corrected chi connectivity index (χ3v) is 2.64. The molecule has 0 aromatic heterocycles. The van der Waals surface area contributed by atoms with Crippen molar-refractivity contribution in [3.63, 3.8) is 0 Å². The molecule has 0 aromatic rings. The lowest BCUT2D eigenvalue weighted by molar-refractivity contribution is -0.0546. The summed E-state index contributed by atoms with van der Waals surface area (Å²) in [5, 5.41) is 0. The largest absolute Gasteiger partial charge is 0.523 e. The summed E-state index contributed by atoms with van der Waals surface area (Å²) in [6.45, 7) is 2.16. The number of hydrogen-bond donors (Lipinski definition) is 0. The van der Waals surface area contributed by atoms with Crippen molar-refractivity contribution in [2.45, 2.75) is 31.7 Å². The van der Waals surface area contributed by atoms with E-state index in [1.165, 1.54) is 0 Å². The molecular formula is C8H15F3O4S. The summed E-state index contributed by atoms with van der Waals surface area (Å²) in [4.78, 5) is 0. The highest BCUT2D eigenvalue weighted by Crippen LogP contribution is 2.24. The normalized spacial score (nSPS) is 13.0. The zero-order chi connectivity index (χ0) is 12.7. The van der Waals surface area contributed by atoms with E-state index in [0.717, 1.165) is 12.8 Å². The Morgan fingerprint density at radius 3 is 2.12 bits per heavy atom. The van der Waals surface area contributed by atoms with Crippen LogP contribution in [0.15, 0.2) is 0 Å². The first-order valence-corrected chi connectivity index (χ1v) is 6.25. The smallest absolute Gasteiger partial charge is 0.381 e. The van der Waals surface area contributed by atoms with Gasteiger partial charge in [-0.1, -0.05) is 13.3 Å². The van der Waals surface area contributed by atoms with Gasteiger partial charge in [0.1, 0.15) is 0 Å². The van der Waals surface area contributed by atoms with Crippen LogP contribution in [0.2, 0.25) is 0 Å². The Hall–Kier alpha value is -0.340. The van der Waals surface area contributed by atoms with Crippen molar-refractivity contribution in [3.8, 4) is 0 Å². The maximum atomic E-state index is 11.8. The highest BCUT2D eigenvalue weighted by atomic mass is 32.2. The molecule has 4 nitrogen and oxygen atoms in total. The van der Waals surface area contributed by atoms with Gasteiger partial charge < -0.3 is 4.74 Å². The minimum absolute atomic E-state index is 0.110. The lowest BCUT2D eigenvalue weighted by Crippen LogP contribution is -2.26. The van der Waals surface area contributed by atoms with Crippen LogP contribution in [0.5, 0.6) is 0 Å². The second-order valence-corrected chi connectivity index (χ2v) is 4.65. The van der Waals surface area contributed by atoms with E-state index in [4.69, 9.17) is 4.74 Å². The van der Waals surface area contributed by atoms with Crippen LogP contribution in [0.3, 0.4) is 0 Å². The molecule has 0 saturated carbocycles. The zero-order valence-corrected chi connectivity index (χ0v) is 9.73. The third-order valence-electron chi connectivity index (χ3n) is 1.60. The number of unbranched alkanes of at least 4 members (excludes halogenated alkanes) is 1. The minimum atomic E-state index is -5.45. The molecule has 0 fully saturated rings. The standard InChI is InChI=1S/C8H15F3O4S/c1-2-3-5-14-6-4-7-15-16(12,13)8(9,10)11/h2-7H2,1H3. The van der Waals surface area contributed by atoms with Crippen LogP contribution in [0.1, 0.15) is 26.2 Å². The van der Waals surface area contributed by atoms with Gasteiger partial charge in [-0.05, 0) is 12.8 Å². The number of ether oxygens (including phenoxy) is 1. The summed E-state index contributed by atoms with van der Waals surface area (Å²) in [5.74, 6) is 0. The SMILES string of the molecule is CCCCOCCCOS(=O)(=O)C(F)(F)F. The van der Waals surface area contributed by atoms with Crippen molar-refractivity contribution in [2.24, 2.45) is 0 Å². The molecule has 0 unspecified atom stereocenters. The van der Waals surface area contributed by atoms with E-state index >= 15 is 0 Å². The Bertz CT molecular complexity index is 273. The topological polar surface area (TPSA) is 52.6 Å². The molecule has 0 bridgehead atoms. The average molecular weight is 264 g/mol. The van der Waals surface area contributed by atoms with Crippen molar-refractivity contribution in [3.05, 3.63) is 0 Å². The maximum absolute atomic E-state index is 11.8. The van der Waals surface area contributed by atoms with E-state index in [1.807, 2.05) is 6.92 Å². The molecule has 0 spiro atoms. The van der Waals surface area contributed by atoms with Crippen LogP contribution in [0.25, 0.3) is 0 Å². The highest BCUT2D eigenvalue weighted by Gasteiger charge is 2.47. The van der Waals surface area contributed by atoms with Crippen molar-refractivity contribution in [1.82, 2.24) is 0 Å². The van der Waals surface area contributed by atoms with E-state index < -0.39 is 22.2 Å². The second-order valence-electron chi connectivity index (χ2n) is 3.04. The van der Waals surface area contributed by atoms with Gasteiger partial charge in [0, 0.05) is 13.2 Å². The van der Waals surface area contributed by atoms with E-state index in [9.17, 15) is 21.6 Å². The lowest BCUT2D eigenvalue weighted by atomic mass is 10.4. The molecule has 0 atom stereocenters. The van der Waals surface area contributed by atoms with Crippen LogP contribution < -0.4 is 0 Å². The highest BCUT2D eigenvalue weighted by molar-refractivity contribution is 7.87. The number of hydrogen-bond acceptors (Lipinski definition) is 4. The molecule has 0 heterocycles. The van der Waals surface area contributed by atoms with Crippen molar-refractivity contribution < 1.29 is 30.5 Å². The molecule has 98 valence electrons. The molecule has 0 aliphatic rings. The summed E-state index contributed by atoms with van der Waals surface area (Å²) >= 11 is 0. The molecule has 0 saturated heterocycles. The van der Waals surface area contributed by atoms with Gasteiger partial charge in [-0.15, -0.1) is 0 Å². The van der Waals surface area contributed by atoms with Gasteiger partial charge >= 0.3 is 15.6 Å². The van der Waals surface area contributed by atoms with Gasteiger partial charge in [-0.2, -0.15) is 21.6 Å². The molecule has 0 aliphatic heterocycles. The van der Waals surface area contributed by atoms with Crippen molar-refractivity contribution >= 4 is 10.1 Å². The van der Waals surface area contributed by atoms with Crippen LogP contribution in [-0.2, 0) is 19.0 Å². The summed E-state index contributed by atoms with van der Waals surface area (Å²) in [7, 11) is -5.45. The Morgan fingerprint density at radius 2 is 1.62 bits per heavy atom. The van der Waals surface area contributed by atoms with E-state index in [-0.39, 0.29) is 13.0 Å². The minimum Gasteiger partial charge on any atom is -0.381 e. The predicted octanol–water partition coefficient (Wildman–Crippen LogP) is 2.06. The Kier molecular flexibility index (Phi) is 6.93. The van der Waals surface area contributed by atoms with Crippen LogP contribution >= 0.6 is 0 Å². The lowest BCUT2D eigenvalue weighted by Gasteiger charge is -2.08. The zero-order valence-electron chi connectivity index (χ0n) is 8.92. The second kappa shape index (κ2) is 7.08. The maximum Gasteiger partial charge on any atom is 0.523 e. The van der Waals surface area contributed by atoms with Gasteiger partial charge in [-0.25, -0.2) is 0 Å². The molecule has 0 aromatic carbocycles. The fraction of sp³-hybridized carbons (Fsp3) is 1.00. The van der Waals surface area contributed by atoms with Gasteiger partial charge in [0.2, 0.25) is 0 Å². The van der Waals surface area contributed by atoms with E-state index in [1.54, 1.807) is 0 Å². The average Bonchev–Trinajstić information content (AvgIpc) is 2.14. The van der Waals surface area contributed by atoms with Gasteiger partial charge in [-0.3, -0.25) is 4.18 Å². The molecule has 0 N–H and O–H groups in total. The summed E-state index contributed by atoms with van der Waals surface area (Å²) in [6, 6.07) is 0. The van der Waals surface area contributed by atoms with Gasteiger partial charge in [0.15, 0.2) is 0 Å². The van der Waals surface area contributed by atoms with Crippen LogP contribution in [0.4, 0.5) is 13.2 Å². The first-order chi connectivity index (χ1) is 7.31. The predicted molar refractivity (Wildman–Crippen MR) is 51.3 cm³/mol. The summed E-state index contributed by atoms with van der Waals surface area (Å²) < 4.78 is 64.9. The number of rotatable bonds is 8. The fourth-order valence-electron chi connectivity index (χ4n) is 0.745. The van der Waals surface area contributed by atoms with Gasteiger partial charge in [0.25, 0.3) is 0 Å². The fourth-order valence-corrected chi connectivity index (χ4v) is 1.22. The summed E-state index contributed by atoms with van der Waals surface area (Å²) in [6.07, 6.45) is 1.93. The Morgan fingerprint density at radius 1 is 1.06 bits per heavy atom. The molecule has 0 radical (unpaired) electrons. The molecule has 0 aliphatic carbocycles. The number of alkyl halides is 3. The monoisotopic (exact) mass is 264 g/mol. The third kappa shape index (κ3) is 6.29. The molecular weight excluding hydrogens is 249 g/mol. The molecule has 16 heavy (non-hydrogen) atoms. The molecule has 8 heteroatoms. The Labute approximate surface area is 92.9 Å². The molecule has 0 rings (SSSR count). The van der Waals surface area contributed by atoms with E-state index in [0.29, 0.717) is 6.61 Å². The van der Waals surface area contributed by atoms with Crippen molar-refractivity contribution in [2.75, 3.05) is 19.8 Å². The first-order valence-electron chi connectivity index (χ1n) is 4.84. The molecule has 0 amide bonds. The van der Waals surface area contributed by atoms with E-state index in [2.05, 4.69) is 4.18 Å². The summed E-state index contributed by atoms with van der Waals surface area (Å²) in [5.41, 5.74) is -5.35. The first kappa shape index (κ1) is 15.7. The van der Waals surface area contributed by atoms with Crippen LogP contribution in [0, 0.1) is 0 Å². The van der Waals surface area contributed by atoms with Crippen LogP contribution in [-0.4, -0.2) is 33.7 Å². The quantitative estimate of drug-likeness (QED) is 0.382. The van der Waals surface area contributed by atoms with Crippen molar-refractivity contribution in [1.29, 1.82) is 0 Å². The van der Waals surface area contributed by atoms with Gasteiger partial charge in [0.05, 0.1) is 6.61 Å². The Balaban J connectivity index is 3.60. The number of halogens is 3.